The second-order valence-corrected chi connectivity index (χ2v) is 9.98. The van der Waals surface area contributed by atoms with Gasteiger partial charge in [0.1, 0.15) is 0 Å². The highest BCUT2D eigenvalue weighted by atomic mass is 16.5. The SMILES string of the molecule is CC(C)(O)c1ccc2c(c1)C(=O)C[C@H]1[C@](C)(COC(=O)CCC(=O)O)CCC[C@]21C. The number of Topliss-reactive ketones (excluding diaryl/α,β-unsaturated/α-hetero) is 1. The lowest BCUT2D eigenvalue weighted by Crippen LogP contribution is -2.52. The Morgan fingerprint density at radius 1 is 1.20 bits per heavy atom. The molecule has 6 nitrogen and oxygen atoms in total. The molecule has 1 aromatic carbocycles. The highest BCUT2D eigenvalue weighted by molar-refractivity contribution is 5.99. The average molecular weight is 417 g/mol. The van der Waals surface area contributed by atoms with Crippen molar-refractivity contribution in [1.29, 1.82) is 0 Å². The molecular formula is C24H32O6. The number of hydrogen-bond donors (Lipinski definition) is 2. The molecule has 1 fully saturated rings. The Hall–Kier alpha value is -2.21. The van der Waals surface area contributed by atoms with Crippen molar-refractivity contribution in [2.24, 2.45) is 11.3 Å². The molecule has 3 atom stereocenters. The first-order valence-electron chi connectivity index (χ1n) is 10.6. The molecule has 0 spiro atoms. The minimum absolute atomic E-state index is 0.0269. The van der Waals surface area contributed by atoms with E-state index in [9.17, 15) is 19.5 Å². The number of benzene rings is 1. The van der Waals surface area contributed by atoms with E-state index < -0.39 is 17.5 Å². The smallest absolute Gasteiger partial charge is 0.306 e. The van der Waals surface area contributed by atoms with Crippen LogP contribution in [0.2, 0.25) is 0 Å². The maximum Gasteiger partial charge on any atom is 0.306 e. The molecule has 2 aliphatic rings. The van der Waals surface area contributed by atoms with Crippen molar-refractivity contribution in [3.05, 3.63) is 34.9 Å². The van der Waals surface area contributed by atoms with Gasteiger partial charge in [-0.1, -0.05) is 32.4 Å². The fourth-order valence-corrected chi connectivity index (χ4v) is 5.42. The quantitative estimate of drug-likeness (QED) is 0.681. The number of carboxylic acids is 1. The van der Waals surface area contributed by atoms with E-state index in [-0.39, 0.29) is 42.0 Å². The fourth-order valence-electron chi connectivity index (χ4n) is 5.42. The molecule has 30 heavy (non-hydrogen) atoms. The van der Waals surface area contributed by atoms with E-state index in [2.05, 4.69) is 13.8 Å². The molecule has 0 amide bonds. The zero-order valence-corrected chi connectivity index (χ0v) is 18.3. The minimum Gasteiger partial charge on any atom is -0.481 e. The number of carboxylic acid groups (broad SMARTS) is 1. The van der Waals surface area contributed by atoms with Crippen LogP contribution in [0, 0.1) is 11.3 Å². The Morgan fingerprint density at radius 2 is 1.90 bits per heavy atom. The Balaban J connectivity index is 1.87. The summed E-state index contributed by atoms with van der Waals surface area (Å²) < 4.78 is 5.47. The van der Waals surface area contributed by atoms with Gasteiger partial charge in [0.25, 0.3) is 0 Å². The number of ketones is 1. The van der Waals surface area contributed by atoms with E-state index >= 15 is 0 Å². The van der Waals surface area contributed by atoms with E-state index in [0.717, 1.165) is 30.4 Å². The zero-order chi connectivity index (χ0) is 22.3. The molecule has 0 unspecified atom stereocenters. The molecule has 0 radical (unpaired) electrons. The van der Waals surface area contributed by atoms with Crippen LogP contribution in [0.15, 0.2) is 18.2 Å². The van der Waals surface area contributed by atoms with Crippen molar-refractivity contribution in [3.63, 3.8) is 0 Å². The number of carbonyl (C=O) groups excluding carboxylic acids is 2. The Bertz CT molecular complexity index is 867. The van der Waals surface area contributed by atoms with Crippen LogP contribution in [0.1, 0.15) is 87.7 Å². The first-order valence-corrected chi connectivity index (χ1v) is 10.6. The van der Waals surface area contributed by atoms with Crippen LogP contribution in [-0.4, -0.2) is 34.5 Å². The number of carbonyl (C=O) groups is 3. The van der Waals surface area contributed by atoms with Crippen LogP contribution in [0.5, 0.6) is 0 Å². The monoisotopic (exact) mass is 416 g/mol. The normalized spacial score (nSPS) is 28.4. The summed E-state index contributed by atoms with van der Waals surface area (Å²) in [5.41, 5.74) is 0.840. The van der Waals surface area contributed by atoms with Gasteiger partial charge in [0.05, 0.1) is 25.0 Å². The number of esters is 1. The number of rotatable bonds is 6. The summed E-state index contributed by atoms with van der Waals surface area (Å²) >= 11 is 0. The first kappa shape index (κ1) is 22.5. The first-order chi connectivity index (χ1) is 13.9. The lowest BCUT2D eigenvalue weighted by Gasteiger charge is -2.54. The van der Waals surface area contributed by atoms with Crippen molar-refractivity contribution in [2.75, 3.05) is 6.61 Å². The van der Waals surface area contributed by atoms with Crippen molar-refractivity contribution in [3.8, 4) is 0 Å². The molecule has 1 aromatic rings. The number of aliphatic carboxylic acids is 1. The zero-order valence-electron chi connectivity index (χ0n) is 18.3. The molecule has 0 saturated heterocycles. The maximum absolute atomic E-state index is 13.1. The Morgan fingerprint density at radius 3 is 2.53 bits per heavy atom. The van der Waals surface area contributed by atoms with Gasteiger partial charge in [-0.25, -0.2) is 0 Å². The fraction of sp³-hybridized carbons (Fsp3) is 0.625. The summed E-state index contributed by atoms with van der Waals surface area (Å²) in [4.78, 5) is 35.8. The van der Waals surface area contributed by atoms with Gasteiger partial charge in [-0.15, -0.1) is 0 Å². The predicted octanol–water partition coefficient (Wildman–Crippen LogP) is 3.97. The van der Waals surface area contributed by atoms with Crippen LogP contribution in [-0.2, 0) is 25.3 Å². The van der Waals surface area contributed by atoms with Gasteiger partial charge in [-0.2, -0.15) is 0 Å². The van der Waals surface area contributed by atoms with E-state index in [1.807, 2.05) is 18.2 Å². The molecule has 164 valence electrons. The van der Waals surface area contributed by atoms with E-state index in [1.54, 1.807) is 13.8 Å². The Kier molecular flexibility index (Phi) is 5.84. The van der Waals surface area contributed by atoms with Crippen molar-refractivity contribution >= 4 is 17.7 Å². The van der Waals surface area contributed by atoms with Crippen LogP contribution >= 0.6 is 0 Å². The summed E-state index contributed by atoms with van der Waals surface area (Å²) in [6.45, 7) is 7.88. The third kappa shape index (κ3) is 4.15. The molecule has 3 rings (SSSR count). The van der Waals surface area contributed by atoms with Gasteiger partial charge in [-0.3, -0.25) is 14.4 Å². The lowest BCUT2D eigenvalue weighted by atomic mass is 9.49. The Labute approximate surface area is 177 Å². The molecule has 0 aromatic heterocycles. The molecule has 2 N–H and O–H groups in total. The van der Waals surface area contributed by atoms with E-state index in [4.69, 9.17) is 9.84 Å². The highest BCUT2D eigenvalue weighted by Crippen LogP contribution is 2.57. The van der Waals surface area contributed by atoms with Crippen LogP contribution in [0.3, 0.4) is 0 Å². The van der Waals surface area contributed by atoms with Gasteiger partial charge in [0.15, 0.2) is 5.78 Å². The molecule has 0 aliphatic heterocycles. The van der Waals surface area contributed by atoms with Crippen LogP contribution < -0.4 is 0 Å². The third-order valence-electron chi connectivity index (χ3n) is 7.19. The van der Waals surface area contributed by atoms with Gasteiger partial charge >= 0.3 is 11.9 Å². The van der Waals surface area contributed by atoms with Gasteiger partial charge in [0.2, 0.25) is 0 Å². The third-order valence-corrected chi connectivity index (χ3v) is 7.19. The maximum atomic E-state index is 13.1. The van der Waals surface area contributed by atoms with E-state index in [1.165, 1.54) is 0 Å². The highest BCUT2D eigenvalue weighted by Gasteiger charge is 2.54. The number of aliphatic hydroxyl groups is 1. The van der Waals surface area contributed by atoms with Crippen molar-refractivity contribution in [1.82, 2.24) is 0 Å². The average Bonchev–Trinajstić information content (AvgIpc) is 2.66. The van der Waals surface area contributed by atoms with Crippen molar-refractivity contribution in [2.45, 2.75) is 77.2 Å². The number of hydrogen-bond acceptors (Lipinski definition) is 5. The number of ether oxygens (including phenoxy) is 1. The van der Waals surface area contributed by atoms with Gasteiger partial charge < -0.3 is 14.9 Å². The lowest BCUT2D eigenvalue weighted by molar-refractivity contribution is -0.153. The summed E-state index contributed by atoms with van der Waals surface area (Å²) in [5.74, 6) is -1.45. The second-order valence-electron chi connectivity index (χ2n) is 9.98. The summed E-state index contributed by atoms with van der Waals surface area (Å²) in [7, 11) is 0. The molecule has 6 heteroatoms. The molecule has 1 saturated carbocycles. The van der Waals surface area contributed by atoms with Gasteiger partial charge in [0, 0.05) is 17.4 Å². The summed E-state index contributed by atoms with van der Waals surface area (Å²) in [6, 6.07) is 5.71. The second kappa shape index (κ2) is 7.80. The standard InChI is InChI=1S/C24H32O6/c1-22(2,29)15-6-7-17-16(12-15)18(25)13-19-23(3,10-5-11-24(17,19)4)14-30-21(28)9-8-20(26)27/h6-7,12,19,29H,5,8-11,13-14H2,1-4H3,(H,26,27)/t19-,23-,24+/m0/s1. The summed E-state index contributed by atoms with van der Waals surface area (Å²) in [5, 5.41) is 19.1. The van der Waals surface area contributed by atoms with Crippen molar-refractivity contribution < 1.29 is 29.3 Å². The number of fused-ring (bicyclic) bond motifs is 3. The molecule has 2 aliphatic carbocycles. The topological polar surface area (TPSA) is 101 Å². The molecule has 0 bridgehead atoms. The predicted molar refractivity (Wildman–Crippen MR) is 111 cm³/mol. The van der Waals surface area contributed by atoms with Gasteiger partial charge in [-0.05, 0) is 55.2 Å². The molecular weight excluding hydrogens is 384 g/mol. The molecule has 0 heterocycles. The van der Waals surface area contributed by atoms with Crippen LogP contribution in [0.4, 0.5) is 0 Å². The minimum atomic E-state index is -1.02. The summed E-state index contributed by atoms with van der Waals surface area (Å²) in [6.07, 6.45) is 2.74. The van der Waals surface area contributed by atoms with E-state index in [0.29, 0.717) is 12.0 Å². The van der Waals surface area contributed by atoms with Crippen LogP contribution in [0.25, 0.3) is 0 Å². The largest absolute Gasteiger partial charge is 0.481 e.